The minimum Gasteiger partial charge on any atom is -0.492 e. The van der Waals surface area contributed by atoms with E-state index in [9.17, 15) is 19.2 Å². The zero-order valence-electron chi connectivity index (χ0n) is 36.2. The smallest absolute Gasteiger partial charge is 0.333 e. The lowest BCUT2D eigenvalue weighted by molar-refractivity contribution is -0.162. The molecule has 0 bridgehead atoms. The molecule has 1 aliphatic rings. The van der Waals surface area contributed by atoms with Crippen molar-refractivity contribution in [1.29, 1.82) is 10.5 Å². The van der Waals surface area contributed by atoms with Gasteiger partial charge in [0.25, 0.3) is 0 Å². The summed E-state index contributed by atoms with van der Waals surface area (Å²) in [6, 6.07) is 16.2. The third kappa shape index (κ3) is 16.3. The summed E-state index contributed by atoms with van der Waals surface area (Å²) >= 11 is 0. The zero-order valence-corrected chi connectivity index (χ0v) is 36.2. The summed E-state index contributed by atoms with van der Waals surface area (Å²) in [6.07, 6.45) is 13.7. The van der Waals surface area contributed by atoms with Crippen molar-refractivity contribution in [2.24, 2.45) is 11.3 Å². The number of ether oxygens (including phenoxy) is 5. The predicted molar refractivity (Wildman–Crippen MR) is 230 cm³/mol. The van der Waals surface area contributed by atoms with Crippen LogP contribution in [0.2, 0.25) is 0 Å². The molecule has 0 heterocycles. The first-order chi connectivity index (χ1) is 28.8. The first-order valence-corrected chi connectivity index (χ1v) is 21.4. The minimum atomic E-state index is -1.44. The van der Waals surface area contributed by atoms with E-state index in [1.165, 1.54) is 82.3 Å². The van der Waals surface area contributed by atoms with E-state index in [0.29, 0.717) is 30.1 Å². The Kier molecular flexibility index (Phi) is 21.2. The normalized spacial score (nSPS) is 14.8. The lowest BCUT2D eigenvalue weighted by Gasteiger charge is -2.32. The lowest BCUT2D eigenvalue weighted by atomic mass is 9.76. The predicted octanol–water partition coefficient (Wildman–Crippen LogP) is 10.0. The summed E-state index contributed by atoms with van der Waals surface area (Å²) in [5.74, 6) is -1.00. The van der Waals surface area contributed by atoms with Gasteiger partial charge in [-0.3, -0.25) is 9.59 Å². The highest BCUT2D eigenvalue weighted by Gasteiger charge is 2.38. The summed E-state index contributed by atoms with van der Waals surface area (Å²) in [7, 11) is 0. The van der Waals surface area contributed by atoms with Crippen LogP contribution in [0.15, 0.2) is 60.7 Å². The zero-order chi connectivity index (χ0) is 43.9. The van der Waals surface area contributed by atoms with Crippen molar-refractivity contribution in [1.82, 2.24) is 0 Å². The summed E-state index contributed by atoms with van der Waals surface area (Å²) in [6.45, 7) is 13.4. The molecule has 0 amide bonds. The van der Waals surface area contributed by atoms with E-state index >= 15 is 0 Å². The first-order valence-electron chi connectivity index (χ1n) is 21.4. The van der Waals surface area contributed by atoms with Crippen molar-refractivity contribution in [2.75, 3.05) is 33.0 Å². The molecule has 0 unspecified atom stereocenters. The van der Waals surface area contributed by atoms with E-state index in [-0.39, 0.29) is 18.8 Å². The number of carbonyl (C=O) groups excluding carboxylic acids is 4. The molecule has 0 N–H and O–H groups in total. The van der Waals surface area contributed by atoms with Crippen molar-refractivity contribution in [3.63, 3.8) is 0 Å². The summed E-state index contributed by atoms with van der Waals surface area (Å²) in [5, 5.41) is 18.1. The van der Waals surface area contributed by atoms with Crippen LogP contribution in [0.25, 0.3) is 11.1 Å². The second kappa shape index (κ2) is 25.9. The Morgan fingerprint density at radius 2 is 1.33 bits per heavy atom. The van der Waals surface area contributed by atoms with E-state index < -0.39 is 62.0 Å². The fraction of sp³-hybridized carbons (Fsp3) is 0.551. The third-order valence-electron chi connectivity index (χ3n) is 11.0. The van der Waals surface area contributed by atoms with Crippen LogP contribution in [0.5, 0.6) is 5.75 Å². The molecule has 0 radical (unpaired) electrons. The second-order valence-corrected chi connectivity index (χ2v) is 16.2. The maximum atomic E-state index is 12.5. The van der Waals surface area contributed by atoms with Gasteiger partial charge in [-0.2, -0.15) is 10.5 Å². The van der Waals surface area contributed by atoms with Gasteiger partial charge in [-0.15, -0.1) is 0 Å². The molecule has 2 aromatic carbocycles. The van der Waals surface area contributed by atoms with Crippen LogP contribution in [0.4, 0.5) is 0 Å². The molecular weight excluding hydrogens is 761 g/mol. The van der Waals surface area contributed by atoms with E-state index in [1.54, 1.807) is 19.1 Å². The SMILES string of the molecule is C=C(C)C(=O)OCCCc1cc(-c2ccc(C3CCC(CCCCCCC)CC3)cc2CC)ccc1OCC(COC(=O)CC#N)(COC(=O)CC#N)COC(=O)C(=C)C. The molecule has 11 nitrogen and oxygen atoms in total. The largest absolute Gasteiger partial charge is 0.492 e. The molecular formula is C49H64N2O9. The average molecular weight is 825 g/mol. The van der Waals surface area contributed by atoms with Crippen LogP contribution in [0.3, 0.4) is 0 Å². The summed E-state index contributed by atoms with van der Waals surface area (Å²) < 4.78 is 28.1. The van der Waals surface area contributed by atoms with Crippen LogP contribution in [0, 0.1) is 34.0 Å². The molecule has 1 saturated carbocycles. The van der Waals surface area contributed by atoms with Crippen LogP contribution < -0.4 is 4.74 Å². The van der Waals surface area contributed by atoms with Crippen molar-refractivity contribution >= 4 is 23.9 Å². The number of nitrogens with zero attached hydrogens (tertiary/aromatic N) is 2. The maximum Gasteiger partial charge on any atom is 0.333 e. The topological polar surface area (TPSA) is 162 Å². The number of nitriles is 2. The highest BCUT2D eigenvalue weighted by Crippen LogP contribution is 2.40. The van der Waals surface area contributed by atoms with Crippen LogP contribution in [-0.4, -0.2) is 56.9 Å². The number of hydrogen-bond donors (Lipinski definition) is 0. The minimum absolute atomic E-state index is 0.119. The summed E-state index contributed by atoms with van der Waals surface area (Å²) in [5.41, 5.74) is 4.53. The monoisotopic (exact) mass is 824 g/mol. The van der Waals surface area contributed by atoms with E-state index in [2.05, 4.69) is 51.3 Å². The number of aryl methyl sites for hydroxylation is 2. The van der Waals surface area contributed by atoms with Crippen LogP contribution in [0.1, 0.15) is 134 Å². The fourth-order valence-electron chi connectivity index (χ4n) is 7.42. The molecule has 0 saturated heterocycles. The quantitative estimate of drug-likeness (QED) is 0.0384. The van der Waals surface area contributed by atoms with Crippen molar-refractivity contribution < 1.29 is 42.9 Å². The number of benzene rings is 2. The number of unbranched alkanes of at least 4 members (excludes halogenated alkanes) is 4. The van der Waals surface area contributed by atoms with Gasteiger partial charge in [0.1, 0.15) is 50.4 Å². The van der Waals surface area contributed by atoms with Gasteiger partial charge in [0.2, 0.25) is 0 Å². The van der Waals surface area contributed by atoms with Gasteiger partial charge in [-0.05, 0) is 111 Å². The molecule has 0 spiro atoms. The highest BCUT2D eigenvalue weighted by atomic mass is 16.6. The van der Waals surface area contributed by atoms with Gasteiger partial charge in [-0.1, -0.05) is 89.8 Å². The highest BCUT2D eigenvalue weighted by molar-refractivity contribution is 5.87. The first kappa shape index (κ1) is 48.9. The molecule has 1 aliphatic carbocycles. The van der Waals surface area contributed by atoms with Gasteiger partial charge >= 0.3 is 23.9 Å². The van der Waals surface area contributed by atoms with Crippen LogP contribution >= 0.6 is 0 Å². The number of rotatable bonds is 26. The Bertz CT molecular complexity index is 1830. The van der Waals surface area contributed by atoms with E-state index in [0.717, 1.165) is 29.0 Å². The molecule has 0 atom stereocenters. The fourth-order valence-corrected chi connectivity index (χ4v) is 7.42. The van der Waals surface area contributed by atoms with Gasteiger partial charge in [0.15, 0.2) is 0 Å². The molecule has 60 heavy (non-hydrogen) atoms. The van der Waals surface area contributed by atoms with Gasteiger partial charge in [-0.25, -0.2) is 9.59 Å². The Morgan fingerprint density at radius 1 is 0.717 bits per heavy atom. The van der Waals surface area contributed by atoms with Gasteiger partial charge in [0, 0.05) is 11.1 Å². The number of hydrogen-bond acceptors (Lipinski definition) is 11. The molecule has 324 valence electrons. The molecule has 3 rings (SSSR count). The molecule has 11 heteroatoms. The third-order valence-corrected chi connectivity index (χ3v) is 11.0. The molecule has 0 aliphatic heterocycles. The summed E-state index contributed by atoms with van der Waals surface area (Å²) in [4.78, 5) is 49.4. The number of carbonyl (C=O) groups is 4. The molecule has 2 aromatic rings. The van der Waals surface area contributed by atoms with E-state index in [1.807, 2.05) is 12.1 Å². The Hall–Kier alpha value is -5.42. The van der Waals surface area contributed by atoms with Crippen molar-refractivity contribution in [3.05, 3.63) is 77.4 Å². The Labute approximate surface area is 357 Å². The standard InChI is InChI=1S/C49H64N2O9/c1-7-9-10-11-12-14-37-16-18-39(19-17-37)40-20-22-43(38(8-2)29-40)41-21-23-44(42(30-41)15-13-28-56-47(54)35(3)4)57-31-49(32-58-45(52)24-26-50,33-59-46(53)25-27-51)34-60-48(55)36(5)6/h20-23,29-30,37,39H,3,5,7-19,24-25,28,31-34H2,1-2,4,6H3. The second-order valence-electron chi connectivity index (χ2n) is 16.2. The Balaban J connectivity index is 1.93. The Morgan fingerprint density at radius 3 is 1.93 bits per heavy atom. The van der Waals surface area contributed by atoms with Gasteiger partial charge in [0.05, 0.1) is 18.7 Å². The van der Waals surface area contributed by atoms with Crippen molar-refractivity contribution in [3.8, 4) is 29.0 Å². The van der Waals surface area contributed by atoms with E-state index in [4.69, 9.17) is 34.2 Å². The van der Waals surface area contributed by atoms with Gasteiger partial charge < -0.3 is 23.7 Å². The average Bonchev–Trinajstić information content (AvgIpc) is 3.24. The lowest BCUT2D eigenvalue weighted by Crippen LogP contribution is -2.44. The van der Waals surface area contributed by atoms with Crippen molar-refractivity contribution in [2.45, 2.75) is 130 Å². The number of esters is 4. The maximum absolute atomic E-state index is 12.5. The molecule has 0 aromatic heterocycles. The van der Waals surface area contributed by atoms with Crippen LogP contribution in [-0.2, 0) is 51.0 Å². The molecule has 1 fully saturated rings.